The zero-order valence-corrected chi connectivity index (χ0v) is 10.5. The van der Waals surface area contributed by atoms with E-state index < -0.39 is 6.09 Å². The molecule has 14 heavy (non-hydrogen) atoms. The quantitative estimate of drug-likeness (QED) is 0.750. The van der Waals surface area contributed by atoms with Crippen LogP contribution >= 0.6 is 38.5 Å². The molecule has 4 nitrogen and oxygen atoms in total. The van der Waals surface area contributed by atoms with Crippen LogP contribution in [-0.2, 0) is 0 Å². The number of rotatable bonds is 1. The van der Waals surface area contributed by atoms with Gasteiger partial charge < -0.3 is 5.11 Å². The van der Waals surface area contributed by atoms with Gasteiger partial charge in [0.25, 0.3) is 0 Å². The summed E-state index contributed by atoms with van der Waals surface area (Å²) in [5, 5.41) is 19.4. The first-order valence-corrected chi connectivity index (χ1v) is 5.31. The lowest BCUT2D eigenvalue weighted by Crippen LogP contribution is -2.09. The van der Waals surface area contributed by atoms with Crippen LogP contribution < -0.4 is 5.32 Å². The first kappa shape index (κ1) is 11.3. The number of nitrogens with one attached hydrogen (secondary N) is 1. The molecule has 0 bridgehead atoms. The fourth-order valence-electron chi connectivity index (χ4n) is 0.864. The number of nitriles is 1. The van der Waals surface area contributed by atoms with Crippen molar-refractivity contribution in [2.45, 2.75) is 0 Å². The van der Waals surface area contributed by atoms with Crippen LogP contribution in [0.4, 0.5) is 10.5 Å². The van der Waals surface area contributed by atoms with Gasteiger partial charge in [-0.3, -0.25) is 5.32 Å². The van der Waals surface area contributed by atoms with E-state index in [1.165, 1.54) is 0 Å². The van der Waals surface area contributed by atoms with Crippen molar-refractivity contribution in [2.24, 2.45) is 0 Å². The average Bonchev–Trinajstić information content (AvgIpc) is 2.10. The first-order valence-electron chi connectivity index (χ1n) is 3.43. The number of carbonyl (C=O) groups is 1. The van der Waals surface area contributed by atoms with E-state index in [9.17, 15) is 4.79 Å². The van der Waals surface area contributed by atoms with E-state index in [2.05, 4.69) is 21.2 Å². The van der Waals surface area contributed by atoms with Crippen molar-refractivity contribution in [3.8, 4) is 6.07 Å². The van der Waals surface area contributed by atoms with E-state index in [0.29, 0.717) is 19.3 Å². The Morgan fingerprint density at radius 1 is 1.64 bits per heavy atom. The molecular formula is C8H4BrIN2O2. The minimum atomic E-state index is -1.13. The van der Waals surface area contributed by atoms with Crippen LogP contribution in [0.3, 0.4) is 0 Å². The molecule has 0 atom stereocenters. The molecule has 0 aliphatic carbocycles. The number of hydrogen-bond donors (Lipinski definition) is 2. The number of hydrogen-bond acceptors (Lipinski definition) is 2. The molecule has 1 amide bonds. The zero-order valence-electron chi connectivity index (χ0n) is 6.71. The van der Waals surface area contributed by atoms with Gasteiger partial charge in [0.1, 0.15) is 0 Å². The Hall–Kier alpha value is -0.810. The average molecular weight is 367 g/mol. The van der Waals surface area contributed by atoms with Gasteiger partial charge >= 0.3 is 6.09 Å². The summed E-state index contributed by atoms with van der Waals surface area (Å²) in [4.78, 5) is 10.4. The van der Waals surface area contributed by atoms with Gasteiger partial charge in [-0.15, -0.1) is 0 Å². The molecule has 0 saturated heterocycles. The number of carboxylic acid groups (broad SMARTS) is 1. The van der Waals surface area contributed by atoms with Gasteiger partial charge in [-0.25, -0.2) is 4.79 Å². The molecule has 0 aromatic heterocycles. The zero-order chi connectivity index (χ0) is 10.7. The molecule has 1 aromatic carbocycles. The second kappa shape index (κ2) is 4.61. The maximum Gasteiger partial charge on any atom is 0.409 e. The second-order valence-electron chi connectivity index (χ2n) is 2.36. The van der Waals surface area contributed by atoms with E-state index in [1.807, 2.05) is 28.7 Å². The summed E-state index contributed by atoms with van der Waals surface area (Å²) in [7, 11) is 0. The van der Waals surface area contributed by atoms with Gasteiger partial charge in [-0.1, -0.05) is 0 Å². The Kier molecular flexibility index (Phi) is 3.71. The summed E-state index contributed by atoms with van der Waals surface area (Å²) >= 11 is 5.15. The number of nitrogens with zero attached hydrogens (tertiary/aromatic N) is 1. The summed E-state index contributed by atoms with van der Waals surface area (Å²) in [6.45, 7) is 0. The predicted octanol–water partition coefficient (Wildman–Crippen LogP) is 3.02. The Morgan fingerprint density at radius 2 is 2.29 bits per heavy atom. The number of amides is 1. The van der Waals surface area contributed by atoms with Gasteiger partial charge in [-0.05, 0) is 50.7 Å². The fraction of sp³-hybridized carbons (Fsp3) is 0. The van der Waals surface area contributed by atoms with Crippen LogP contribution in [0.25, 0.3) is 0 Å². The van der Waals surface area contributed by atoms with Crippen molar-refractivity contribution in [1.82, 2.24) is 0 Å². The van der Waals surface area contributed by atoms with Crippen molar-refractivity contribution in [3.63, 3.8) is 0 Å². The Balaban J connectivity index is 3.19. The molecule has 0 unspecified atom stereocenters. The lowest BCUT2D eigenvalue weighted by atomic mass is 10.2. The SMILES string of the molecule is N#Cc1cc(Br)c(NC(=O)O)c(I)c1. The molecule has 72 valence electrons. The van der Waals surface area contributed by atoms with Crippen LogP contribution in [0.1, 0.15) is 5.56 Å². The minimum Gasteiger partial charge on any atom is -0.465 e. The topological polar surface area (TPSA) is 73.1 Å². The molecule has 0 spiro atoms. The van der Waals surface area contributed by atoms with E-state index in [1.54, 1.807) is 12.1 Å². The van der Waals surface area contributed by atoms with Crippen LogP contribution in [0.5, 0.6) is 0 Å². The lowest BCUT2D eigenvalue weighted by Gasteiger charge is -2.06. The van der Waals surface area contributed by atoms with Crippen LogP contribution in [-0.4, -0.2) is 11.2 Å². The monoisotopic (exact) mass is 366 g/mol. The van der Waals surface area contributed by atoms with Gasteiger partial charge in [-0.2, -0.15) is 5.26 Å². The fourth-order valence-corrected chi connectivity index (χ4v) is 2.55. The highest BCUT2D eigenvalue weighted by Gasteiger charge is 2.09. The molecule has 6 heteroatoms. The van der Waals surface area contributed by atoms with Crippen molar-refractivity contribution >= 4 is 50.3 Å². The molecule has 0 aliphatic heterocycles. The van der Waals surface area contributed by atoms with Crippen LogP contribution in [0, 0.1) is 14.9 Å². The maximum absolute atomic E-state index is 10.4. The van der Waals surface area contributed by atoms with Crippen molar-refractivity contribution in [3.05, 3.63) is 25.7 Å². The number of halogens is 2. The van der Waals surface area contributed by atoms with Gasteiger partial charge in [0, 0.05) is 8.04 Å². The van der Waals surface area contributed by atoms with Crippen LogP contribution in [0.2, 0.25) is 0 Å². The van der Waals surface area contributed by atoms with Crippen molar-refractivity contribution in [1.29, 1.82) is 5.26 Å². The molecule has 0 fully saturated rings. The Morgan fingerprint density at radius 3 is 2.71 bits per heavy atom. The van der Waals surface area contributed by atoms with Crippen molar-refractivity contribution in [2.75, 3.05) is 5.32 Å². The molecule has 0 heterocycles. The smallest absolute Gasteiger partial charge is 0.409 e. The molecule has 2 N–H and O–H groups in total. The Bertz CT molecular complexity index is 405. The highest BCUT2D eigenvalue weighted by Crippen LogP contribution is 2.29. The van der Waals surface area contributed by atoms with E-state index in [0.717, 1.165) is 0 Å². The highest BCUT2D eigenvalue weighted by atomic mass is 127. The summed E-state index contributed by atoms with van der Waals surface area (Å²) < 4.78 is 1.24. The third-order valence-electron chi connectivity index (χ3n) is 1.40. The minimum absolute atomic E-state index is 0.456. The molecule has 0 radical (unpaired) electrons. The largest absolute Gasteiger partial charge is 0.465 e. The summed E-state index contributed by atoms with van der Waals surface area (Å²) in [5.74, 6) is 0. The first-order chi connectivity index (χ1) is 6.54. The molecule has 1 rings (SSSR count). The molecule has 1 aromatic rings. The molecule has 0 saturated carbocycles. The second-order valence-corrected chi connectivity index (χ2v) is 4.37. The van der Waals surface area contributed by atoms with Gasteiger partial charge in [0.2, 0.25) is 0 Å². The summed E-state index contributed by atoms with van der Waals surface area (Å²) in [5.41, 5.74) is 0.939. The predicted molar refractivity (Wildman–Crippen MR) is 63.2 cm³/mol. The summed E-state index contributed by atoms with van der Waals surface area (Å²) in [6.07, 6.45) is -1.13. The lowest BCUT2D eigenvalue weighted by molar-refractivity contribution is 0.209. The normalized spacial score (nSPS) is 9.21. The third kappa shape index (κ3) is 2.59. The van der Waals surface area contributed by atoms with Gasteiger partial charge in [0.05, 0.1) is 17.3 Å². The van der Waals surface area contributed by atoms with Crippen LogP contribution in [0.15, 0.2) is 16.6 Å². The molecule has 0 aliphatic rings. The van der Waals surface area contributed by atoms with E-state index in [4.69, 9.17) is 10.4 Å². The number of anilines is 1. The third-order valence-corrected chi connectivity index (χ3v) is 2.88. The molecular weight excluding hydrogens is 363 g/mol. The number of benzene rings is 1. The van der Waals surface area contributed by atoms with E-state index >= 15 is 0 Å². The van der Waals surface area contributed by atoms with E-state index in [-0.39, 0.29) is 0 Å². The Labute approximate surface area is 102 Å². The standard InChI is InChI=1S/C8H4BrIN2O2/c9-5-1-4(3-11)2-6(10)7(5)12-8(13)14/h1-2,12H,(H,13,14). The summed E-state index contributed by atoms with van der Waals surface area (Å²) in [6, 6.07) is 5.15. The highest BCUT2D eigenvalue weighted by molar-refractivity contribution is 14.1. The maximum atomic E-state index is 10.4. The van der Waals surface area contributed by atoms with Crippen molar-refractivity contribution < 1.29 is 9.90 Å². The van der Waals surface area contributed by atoms with Gasteiger partial charge in [0.15, 0.2) is 0 Å².